The van der Waals surface area contributed by atoms with Gasteiger partial charge in [-0.2, -0.15) is 0 Å². The van der Waals surface area contributed by atoms with Crippen molar-refractivity contribution in [3.8, 4) is 0 Å². The van der Waals surface area contributed by atoms with E-state index in [1.807, 2.05) is 23.2 Å². The van der Waals surface area contributed by atoms with Gasteiger partial charge in [-0.25, -0.2) is 0 Å². The van der Waals surface area contributed by atoms with E-state index in [4.69, 9.17) is 0 Å². The fourth-order valence-electron chi connectivity index (χ4n) is 0.857. The first-order valence-corrected chi connectivity index (χ1v) is 5.42. The van der Waals surface area contributed by atoms with Gasteiger partial charge in [0.25, 0.3) is 0 Å². The van der Waals surface area contributed by atoms with E-state index in [1.165, 1.54) is 25.7 Å². The maximum Gasteiger partial charge on any atom is -0.0189 e. The molecule has 1 heteroatoms. The first-order valence-electron chi connectivity index (χ1n) is 4.50. The predicted octanol–water partition coefficient (Wildman–Crippen LogP) is 4.59. The monoisotopic (exact) mass is 228 g/mol. The second-order valence-electron chi connectivity index (χ2n) is 2.63. The zero-order valence-electron chi connectivity index (χ0n) is 7.67. The van der Waals surface area contributed by atoms with E-state index in [2.05, 4.69) is 35.0 Å². The molecule has 0 unspecified atom stereocenters. The molecule has 0 bridgehead atoms. The third-order valence-corrected chi connectivity index (χ3v) is 1.82. The van der Waals surface area contributed by atoms with Crippen LogP contribution < -0.4 is 0 Å². The maximum atomic E-state index is 3.20. The van der Waals surface area contributed by atoms with Crippen molar-refractivity contribution in [3.05, 3.63) is 35.4 Å². The largest absolute Gasteiger partial charge is 0.0845 e. The summed E-state index contributed by atoms with van der Waals surface area (Å²) in [5.41, 5.74) is 0. The van der Waals surface area contributed by atoms with Gasteiger partial charge in [0.15, 0.2) is 0 Å². The Hall–Kier alpha value is -0.300. The molecule has 0 aromatic rings. The molecule has 0 spiro atoms. The smallest absolute Gasteiger partial charge is 0.0189 e. The molecule has 0 aromatic carbocycles. The number of halogens is 1. The molecule has 0 aromatic heterocycles. The summed E-state index contributed by atoms with van der Waals surface area (Å²) in [4.78, 5) is 1.84. The summed E-state index contributed by atoms with van der Waals surface area (Å²) in [5.74, 6) is 0. The van der Waals surface area contributed by atoms with Gasteiger partial charge in [-0.05, 0) is 17.8 Å². The van der Waals surface area contributed by atoms with Crippen LogP contribution in [0.25, 0.3) is 0 Å². The Labute approximate surface area is 84.2 Å². The highest BCUT2D eigenvalue weighted by Crippen LogP contribution is 1.99. The van der Waals surface area contributed by atoms with Crippen molar-refractivity contribution in [1.29, 1.82) is 0 Å². The second-order valence-corrected chi connectivity index (χ2v) is 3.16. The molecule has 0 fully saturated rings. The quantitative estimate of drug-likeness (QED) is 0.461. The van der Waals surface area contributed by atoms with Crippen molar-refractivity contribution in [2.24, 2.45) is 0 Å². The highest BCUT2D eigenvalue weighted by Gasteiger charge is 1.79. The summed E-state index contributed by atoms with van der Waals surface area (Å²) in [6.07, 6.45) is 15.5. The second kappa shape index (κ2) is 10.7. The summed E-state index contributed by atoms with van der Waals surface area (Å²) >= 11 is 3.20. The van der Waals surface area contributed by atoms with Gasteiger partial charge in [0.1, 0.15) is 0 Å². The molecule has 0 heterocycles. The molecule has 0 saturated heterocycles. The Bertz CT molecular complexity index is 154. The number of hydrogen-bond donors (Lipinski definition) is 0. The predicted molar refractivity (Wildman–Crippen MR) is 60.5 cm³/mol. The first kappa shape index (κ1) is 11.7. The molecule has 0 nitrogen and oxygen atoms in total. The van der Waals surface area contributed by atoms with Gasteiger partial charge in [0.05, 0.1) is 0 Å². The van der Waals surface area contributed by atoms with Crippen molar-refractivity contribution >= 4 is 15.9 Å². The maximum absolute atomic E-state index is 3.20. The molecule has 0 aliphatic carbocycles. The van der Waals surface area contributed by atoms with Gasteiger partial charge in [-0.1, -0.05) is 66.1 Å². The van der Waals surface area contributed by atoms with Crippen molar-refractivity contribution in [2.45, 2.75) is 32.6 Å². The highest BCUT2D eigenvalue weighted by molar-refractivity contribution is 9.11. The van der Waals surface area contributed by atoms with E-state index in [-0.39, 0.29) is 0 Å². The van der Waals surface area contributed by atoms with Gasteiger partial charge >= 0.3 is 0 Å². The number of allylic oxidation sites excluding steroid dienone is 5. The average molecular weight is 229 g/mol. The van der Waals surface area contributed by atoms with Gasteiger partial charge < -0.3 is 0 Å². The van der Waals surface area contributed by atoms with E-state index in [1.54, 1.807) is 0 Å². The van der Waals surface area contributed by atoms with Gasteiger partial charge in [0.2, 0.25) is 0 Å². The Balaban J connectivity index is 3.24. The van der Waals surface area contributed by atoms with Crippen LogP contribution in [0, 0.1) is 0 Å². The molecule has 0 amide bonds. The van der Waals surface area contributed by atoms with Crippen LogP contribution in [0.3, 0.4) is 0 Å². The molecule has 68 valence electrons. The van der Waals surface area contributed by atoms with Crippen LogP contribution in [0.1, 0.15) is 32.6 Å². The minimum Gasteiger partial charge on any atom is -0.0845 e. The van der Waals surface area contributed by atoms with Crippen molar-refractivity contribution in [1.82, 2.24) is 0 Å². The van der Waals surface area contributed by atoms with E-state index >= 15 is 0 Å². The van der Waals surface area contributed by atoms with Crippen molar-refractivity contribution in [3.63, 3.8) is 0 Å². The van der Waals surface area contributed by atoms with Crippen LogP contribution in [0.4, 0.5) is 0 Å². The molecule has 0 atom stereocenters. The lowest BCUT2D eigenvalue weighted by atomic mass is 10.2. The SMILES string of the molecule is CCCCC/C=C/C=C/C=C/Br. The molecule has 0 rings (SSSR count). The Kier molecular flexibility index (Phi) is 10.4. The summed E-state index contributed by atoms with van der Waals surface area (Å²) in [6.45, 7) is 2.23. The third-order valence-electron chi connectivity index (χ3n) is 1.52. The Morgan fingerprint density at radius 2 is 1.75 bits per heavy atom. The fourth-order valence-corrected chi connectivity index (χ4v) is 1.03. The van der Waals surface area contributed by atoms with E-state index in [9.17, 15) is 0 Å². The number of unbranched alkanes of at least 4 members (excludes halogenated alkanes) is 3. The summed E-state index contributed by atoms with van der Waals surface area (Å²) < 4.78 is 0. The normalized spacial score (nSPS) is 12.5. The van der Waals surface area contributed by atoms with Crippen LogP contribution in [0.5, 0.6) is 0 Å². The molecule has 12 heavy (non-hydrogen) atoms. The van der Waals surface area contributed by atoms with Crippen LogP contribution in [-0.4, -0.2) is 0 Å². The fraction of sp³-hybridized carbons (Fsp3) is 0.455. The molecular weight excluding hydrogens is 212 g/mol. The lowest BCUT2D eigenvalue weighted by molar-refractivity contribution is 0.729. The minimum atomic E-state index is 1.20. The van der Waals surface area contributed by atoms with E-state index in [0.29, 0.717) is 0 Å². The van der Waals surface area contributed by atoms with Crippen molar-refractivity contribution in [2.75, 3.05) is 0 Å². The van der Waals surface area contributed by atoms with E-state index < -0.39 is 0 Å². The Morgan fingerprint density at radius 1 is 1.00 bits per heavy atom. The summed E-state index contributed by atoms with van der Waals surface area (Å²) in [7, 11) is 0. The zero-order valence-corrected chi connectivity index (χ0v) is 9.26. The van der Waals surface area contributed by atoms with Crippen molar-refractivity contribution < 1.29 is 0 Å². The van der Waals surface area contributed by atoms with Gasteiger partial charge in [-0.15, -0.1) is 0 Å². The van der Waals surface area contributed by atoms with Gasteiger partial charge in [0, 0.05) is 0 Å². The molecular formula is C11H17Br. The molecule has 0 aliphatic heterocycles. The molecule has 0 radical (unpaired) electrons. The Morgan fingerprint density at radius 3 is 2.42 bits per heavy atom. The standard InChI is InChI=1S/C11H17Br/c1-2-3-4-5-6-7-8-9-10-11-12/h6-11H,2-5H2,1H3/b7-6+,9-8+,11-10+. The van der Waals surface area contributed by atoms with E-state index in [0.717, 1.165) is 0 Å². The first-order chi connectivity index (χ1) is 5.91. The highest BCUT2D eigenvalue weighted by atomic mass is 79.9. The number of hydrogen-bond acceptors (Lipinski definition) is 0. The van der Waals surface area contributed by atoms with Crippen LogP contribution in [0.15, 0.2) is 35.4 Å². The third kappa shape index (κ3) is 9.70. The van der Waals surface area contributed by atoms with Crippen LogP contribution in [0.2, 0.25) is 0 Å². The topological polar surface area (TPSA) is 0 Å². The van der Waals surface area contributed by atoms with Gasteiger partial charge in [-0.3, -0.25) is 0 Å². The summed E-state index contributed by atoms with van der Waals surface area (Å²) in [5, 5.41) is 0. The minimum absolute atomic E-state index is 1.20. The molecule has 0 N–H and O–H groups in total. The molecule has 0 aliphatic rings. The van der Waals surface area contributed by atoms with Crippen LogP contribution >= 0.6 is 15.9 Å². The lowest BCUT2D eigenvalue weighted by Gasteiger charge is -1.89. The molecule has 0 saturated carbocycles. The average Bonchev–Trinajstić information content (AvgIpc) is 2.10. The lowest BCUT2D eigenvalue weighted by Crippen LogP contribution is -1.69. The number of rotatable bonds is 6. The van der Waals surface area contributed by atoms with Crippen LogP contribution in [-0.2, 0) is 0 Å². The summed E-state index contributed by atoms with van der Waals surface area (Å²) in [6, 6.07) is 0. The zero-order chi connectivity index (χ0) is 9.07.